The van der Waals surface area contributed by atoms with E-state index in [9.17, 15) is 4.79 Å². The molecule has 5 heteroatoms. The Morgan fingerprint density at radius 3 is 2.50 bits per heavy atom. The lowest BCUT2D eigenvalue weighted by molar-refractivity contribution is 0.0982. The van der Waals surface area contributed by atoms with E-state index in [1.54, 1.807) is 48.5 Å². The number of anilines is 1. The van der Waals surface area contributed by atoms with Crippen LogP contribution in [0.1, 0.15) is 21.9 Å². The molecule has 24 heavy (non-hydrogen) atoms. The number of aryl methyl sites for hydroxylation is 1. The molecule has 2 aromatic heterocycles. The Hall–Kier alpha value is -3.08. The Labute approximate surface area is 140 Å². The van der Waals surface area contributed by atoms with E-state index in [0.29, 0.717) is 29.4 Å². The van der Waals surface area contributed by atoms with Crippen LogP contribution in [-0.2, 0) is 6.54 Å². The molecule has 1 amide bonds. The monoisotopic (exact) mass is 322 g/mol. The van der Waals surface area contributed by atoms with E-state index in [-0.39, 0.29) is 5.91 Å². The molecule has 0 fully saturated rings. The highest BCUT2D eigenvalue weighted by Crippen LogP contribution is 2.20. The van der Waals surface area contributed by atoms with Gasteiger partial charge in [-0.1, -0.05) is 6.07 Å². The lowest BCUT2D eigenvalue weighted by Crippen LogP contribution is -2.31. The first-order valence-corrected chi connectivity index (χ1v) is 7.59. The van der Waals surface area contributed by atoms with Crippen molar-refractivity contribution in [3.63, 3.8) is 0 Å². The van der Waals surface area contributed by atoms with Crippen molar-refractivity contribution >= 4 is 11.7 Å². The maximum Gasteiger partial charge on any atom is 0.259 e. The Bertz CT molecular complexity index is 810. The van der Waals surface area contributed by atoms with Gasteiger partial charge >= 0.3 is 0 Å². The zero-order valence-electron chi connectivity index (χ0n) is 13.6. The maximum atomic E-state index is 13.0. The SMILES string of the molecule is COc1ccc(C(=O)N(Cc2ccc(C)o2)c2ccccn2)cc1. The molecule has 0 saturated carbocycles. The van der Waals surface area contributed by atoms with E-state index in [4.69, 9.17) is 9.15 Å². The first-order chi connectivity index (χ1) is 11.7. The van der Waals surface area contributed by atoms with Crippen LogP contribution in [0.4, 0.5) is 5.82 Å². The van der Waals surface area contributed by atoms with Crippen LogP contribution in [0.25, 0.3) is 0 Å². The molecule has 0 unspecified atom stereocenters. The lowest BCUT2D eigenvalue weighted by Gasteiger charge is -2.21. The van der Waals surface area contributed by atoms with Gasteiger partial charge in [-0.25, -0.2) is 4.98 Å². The Morgan fingerprint density at radius 1 is 1.12 bits per heavy atom. The lowest BCUT2D eigenvalue weighted by atomic mass is 10.2. The number of hydrogen-bond acceptors (Lipinski definition) is 4. The second kappa shape index (κ2) is 7.00. The molecule has 5 nitrogen and oxygen atoms in total. The molecule has 3 aromatic rings. The van der Waals surface area contributed by atoms with Gasteiger partial charge in [0, 0.05) is 11.8 Å². The predicted octanol–water partition coefficient (Wildman–Crippen LogP) is 3.84. The number of carbonyl (C=O) groups is 1. The summed E-state index contributed by atoms with van der Waals surface area (Å²) in [5.74, 6) is 2.65. The normalized spacial score (nSPS) is 10.4. The van der Waals surface area contributed by atoms with E-state index in [2.05, 4.69) is 4.98 Å². The highest BCUT2D eigenvalue weighted by Gasteiger charge is 2.20. The molecule has 0 aliphatic heterocycles. The summed E-state index contributed by atoms with van der Waals surface area (Å²) < 4.78 is 10.8. The first kappa shape index (κ1) is 15.8. The van der Waals surface area contributed by atoms with E-state index < -0.39 is 0 Å². The largest absolute Gasteiger partial charge is 0.497 e. The molecule has 0 aliphatic carbocycles. The number of aromatic nitrogens is 1. The molecular weight excluding hydrogens is 304 g/mol. The van der Waals surface area contributed by atoms with Gasteiger partial charge in [0.25, 0.3) is 5.91 Å². The highest BCUT2D eigenvalue weighted by molar-refractivity contribution is 6.05. The maximum absolute atomic E-state index is 13.0. The second-order valence-corrected chi connectivity index (χ2v) is 5.32. The third-order valence-corrected chi connectivity index (χ3v) is 3.62. The number of hydrogen-bond donors (Lipinski definition) is 0. The van der Waals surface area contributed by atoms with Gasteiger partial charge in [-0.05, 0) is 55.5 Å². The van der Waals surface area contributed by atoms with Crippen LogP contribution in [0.2, 0.25) is 0 Å². The molecule has 1 aromatic carbocycles. The van der Waals surface area contributed by atoms with Gasteiger partial charge in [0.1, 0.15) is 23.1 Å². The highest BCUT2D eigenvalue weighted by atomic mass is 16.5. The smallest absolute Gasteiger partial charge is 0.259 e. The summed E-state index contributed by atoms with van der Waals surface area (Å²) in [6.07, 6.45) is 1.66. The van der Waals surface area contributed by atoms with Crippen molar-refractivity contribution in [2.45, 2.75) is 13.5 Å². The second-order valence-electron chi connectivity index (χ2n) is 5.32. The van der Waals surface area contributed by atoms with E-state index in [1.807, 2.05) is 31.2 Å². The van der Waals surface area contributed by atoms with Gasteiger partial charge in [-0.15, -0.1) is 0 Å². The fourth-order valence-electron chi connectivity index (χ4n) is 2.39. The van der Waals surface area contributed by atoms with E-state index in [1.165, 1.54) is 0 Å². The number of pyridine rings is 1. The molecule has 0 N–H and O–H groups in total. The van der Waals surface area contributed by atoms with Gasteiger partial charge in [-0.2, -0.15) is 0 Å². The van der Waals surface area contributed by atoms with Crippen LogP contribution in [-0.4, -0.2) is 18.0 Å². The number of benzene rings is 1. The average molecular weight is 322 g/mol. The molecule has 0 bridgehead atoms. The zero-order valence-corrected chi connectivity index (χ0v) is 13.6. The third-order valence-electron chi connectivity index (χ3n) is 3.62. The van der Waals surface area contributed by atoms with Crippen molar-refractivity contribution in [3.05, 3.63) is 77.9 Å². The standard InChI is InChI=1S/C19H18N2O3/c1-14-6-9-17(24-14)13-21(18-5-3-4-12-20-18)19(22)15-7-10-16(23-2)11-8-15/h3-12H,13H2,1-2H3. The van der Waals surface area contributed by atoms with Crippen LogP contribution >= 0.6 is 0 Å². The summed E-state index contributed by atoms with van der Waals surface area (Å²) in [4.78, 5) is 18.9. The van der Waals surface area contributed by atoms with Crippen molar-refractivity contribution in [1.29, 1.82) is 0 Å². The fraction of sp³-hybridized carbons (Fsp3) is 0.158. The summed E-state index contributed by atoms with van der Waals surface area (Å²) in [5.41, 5.74) is 0.560. The van der Waals surface area contributed by atoms with Crippen LogP contribution in [0.5, 0.6) is 5.75 Å². The summed E-state index contributed by atoms with van der Waals surface area (Å²) in [7, 11) is 1.59. The van der Waals surface area contributed by atoms with Crippen LogP contribution < -0.4 is 9.64 Å². The molecule has 3 rings (SSSR count). The number of amides is 1. The quantitative estimate of drug-likeness (QED) is 0.716. The van der Waals surface area contributed by atoms with Crippen LogP contribution in [0, 0.1) is 6.92 Å². The molecule has 2 heterocycles. The van der Waals surface area contributed by atoms with Crippen molar-refractivity contribution in [1.82, 2.24) is 4.98 Å². The summed E-state index contributed by atoms with van der Waals surface area (Å²) >= 11 is 0. The predicted molar refractivity (Wildman–Crippen MR) is 91.2 cm³/mol. The summed E-state index contributed by atoms with van der Waals surface area (Å²) in [6, 6.07) is 16.2. The zero-order chi connectivity index (χ0) is 16.9. The average Bonchev–Trinajstić information content (AvgIpc) is 3.05. The number of rotatable bonds is 5. The van der Waals surface area contributed by atoms with Crippen LogP contribution in [0.15, 0.2) is 65.2 Å². The Kier molecular flexibility index (Phi) is 4.61. The molecule has 122 valence electrons. The molecule has 0 spiro atoms. The summed E-state index contributed by atoms with van der Waals surface area (Å²) in [6.45, 7) is 2.19. The fourth-order valence-corrected chi connectivity index (χ4v) is 2.39. The van der Waals surface area contributed by atoms with E-state index in [0.717, 1.165) is 5.76 Å². The molecule has 0 aliphatic rings. The molecule has 0 saturated heterocycles. The van der Waals surface area contributed by atoms with Gasteiger partial charge in [0.2, 0.25) is 0 Å². The molecule has 0 atom stereocenters. The van der Waals surface area contributed by atoms with Crippen molar-refractivity contribution < 1.29 is 13.9 Å². The van der Waals surface area contributed by atoms with Crippen molar-refractivity contribution in [2.24, 2.45) is 0 Å². The van der Waals surface area contributed by atoms with E-state index >= 15 is 0 Å². The first-order valence-electron chi connectivity index (χ1n) is 7.59. The molecular formula is C19H18N2O3. The van der Waals surface area contributed by atoms with Gasteiger partial charge in [-0.3, -0.25) is 9.69 Å². The van der Waals surface area contributed by atoms with Gasteiger partial charge in [0.15, 0.2) is 0 Å². The summed E-state index contributed by atoms with van der Waals surface area (Å²) in [5, 5.41) is 0. The van der Waals surface area contributed by atoms with Crippen molar-refractivity contribution in [2.75, 3.05) is 12.0 Å². The Balaban J connectivity index is 1.92. The Morgan fingerprint density at radius 2 is 1.92 bits per heavy atom. The van der Waals surface area contributed by atoms with Crippen molar-refractivity contribution in [3.8, 4) is 5.75 Å². The minimum atomic E-state index is -0.148. The van der Waals surface area contributed by atoms with Crippen LogP contribution in [0.3, 0.4) is 0 Å². The number of nitrogens with zero attached hydrogens (tertiary/aromatic N) is 2. The number of furan rings is 1. The number of ether oxygens (including phenoxy) is 1. The third kappa shape index (κ3) is 3.46. The topological polar surface area (TPSA) is 55.6 Å². The van der Waals surface area contributed by atoms with Gasteiger partial charge in [0.05, 0.1) is 13.7 Å². The number of methoxy groups -OCH3 is 1. The number of carbonyl (C=O) groups excluding carboxylic acids is 1. The molecule has 0 radical (unpaired) electrons. The minimum absolute atomic E-state index is 0.148. The minimum Gasteiger partial charge on any atom is -0.497 e. The van der Waals surface area contributed by atoms with Gasteiger partial charge < -0.3 is 9.15 Å².